The average molecular weight is 267 g/mol. The van der Waals surface area contributed by atoms with Crippen LogP contribution in [0.2, 0.25) is 0 Å². The molecule has 0 radical (unpaired) electrons. The Kier molecular flexibility index (Phi) is 4.01. The van der Waals surface area contributed by atoms with E-state index in [0.717, 1.165) is 17.7 Å². The highest BCUT2D eigenvalue weighted by Crippen LogP contribution is 2.33. The zero-order valence-electron chi connectivity index (χ0n) is 9.83. The molecule has 0 saturated heterocycles. The molecule has 1 aromatic heterocycles. The lowest BCUT2D eigenvalue weighted by Gasteiger charge is -2.26. The van der Waals surface area contributed by atoms with E-state index in [1.807, 2.05) is 6.07 Å². The van der Waals surface area contributed by atoms with Crippen LogP contribution in [-0.2, 0) is 11.2 Å². The number of halogens is 1. The molecule has 1 atom stereocenters. The number of hydrogen-bond donors (Lipinski definition) is 1. The quantitative estimate of drug-likeness (QED) is 0.906. The van der Waals surface area contributed by atoms with E-state index in [2.05, 4.69) is 17.1 Å². The molecule has 18 heavy (non-hydrogen) atoms. The van der Waals surface area contributed by atoms with E-state index in [-0.39, 0.29) is 18.5 Å². The van der Waals surface area contributed by atoms with Crippen molar-refractivity contribution >= 4 is 12.4 Å². The first-order valence-corrected chi connectivity index (χ1v) is 5.72. The van der Waals surface area contributed by atoms with Crippen molar-refractivity contribution in [1.82, 2.24) is 4.98 Å². The number of oxazole rings is 1. The highest BCUT2D eigenvalue weighted by Gasteiger charge is 2.22. The van der Waals surface area contributed by atoms with Gasteiger partial charge in [-0.2, -0.15) is 0 Å². The van der Waals surface area contributed by atoms with Gasteiger partial charge in [-0.3, -0.25) is 0 Å². The van der Waals surface area contributed by atoms with Crippen LogP contribution in [0, 0.1) is 0 Å². The number of fused-ring (bicyclic) bond motifs is 1. The normalized spacial score (nSPS) is 17.9. The molecule has 2 aromatic rings. The zero-order chi connectivity index (χ0) is 11.7. The third kappa shape index (κ3) is 2.14. The van der Waals surface area contributed by atoms with Crippen LogP contribution in [0.1, 0.15) is 17.2 Å². The van der Waals surface area contributed by atoms with Crippen molar-refractivity contribution in [2.45, 2.75) is 12.5 Å². The monoisotopic (exact) mass is 266 g/mol. The van der Waals surface area contributed by atoms with Crippen LogP contribution in [0.4, 0.5) is 0 Å². The molecule has 2 heterocycles. The number of nitrogens with zero attached hydrogens (tertiary/aromatic N) is 1. The van der Waals surface area contributed by atoms with E-state index in [1.165, 1.54) is 17.5 Å². The van der Waals surface area contributed by atoms with Crippen LogP contribution in [-0.4, -0.2) is 18.1 Å². The Bertz CT molecular complexity index is 514. The minimum atomic E-state index is 0. The van der Waals surface area contributed by atoms with Gasteiger partial charge in [-0.1, -0.05) is 18.2 Å². The summed E-state index contributed by atoms with van der Waals surface area (Å²) in [5.41, 5.74) is 9.27. The highest BCUT2D eigenvalue weighted by molar-refractivity contribution is 5.85. The molecule has 0 fully saturated rings. The Hall–Kier alpha value is -1.36. The van der Waals surface area contributed by atoms with Gasteiger partial charge in [0.05, 0.1) is 18.9 Å². The summed E-state index contributed by atoms with van der Waals surface area (Å²) in [6.45, 7) is 1.22. The topological polar surface area (TPSA) is 61.3 Å². The second-order valence-electron chi connectivity index (χ2n) is 4.08. The van der Waals surface area contributed by atoms with Crippen molar-refractivity contribution in [1.29, 1.82) is 0 Å². The minimum Gasteiger partial charge on any atom is -0.444 e. The van der Waals surface area contributed by atoms with Gasteiger partial charge in [0.1, 0.15) is 0 Å². The smallest absolute Gasteiger partial charge is 0.181 e. The summed E-state index contributed by atoms with van der Waals surface area (Å²) in [4.78, 5) is 3.96. The first kappa shape index (κ1) is 13.1. The van der Waals surface area contributed by atoms with E-state index in [0.29, 0.717) is 13.2 Å². The highest BCUT2D eigenvalue weighted by atomic mass is 35.5. The van der Waals surface area contributed by atoms with Gasteiger partial charge in [0.15, 0.2) is 12.2 Å². The zero-order valence-corrected chi connectivity index (χ0v) is 10.7. The summed E-state index contributed by atoms with van der Waals surface area (Å²) >= 11 is 0. The lowest BCUT2D eigenvalue weighted by molar-refractivity contribution is 0.0486. The molecule has 2 N–H and O–H groups in total. The van der Waals surface area contributed by atoms with Gasteiger partial charge in [0.2, 0.25) is 0 Å². The van der Waals surface area contributed by atoms with Crippen LogP contribution in [0.5, 0.6) is 0 Å². The Balaban J connectivity index is 0.00000120. The molecule has 1 aromatic carbocycles. The maximum Gasteiger partial charge on any atom is 0.181 e. The molecular formula is C13H15ClN2O2. The van der Waals surface area contributed by atoms with Crippen molar-refractivity contribution in [2.24, 2.45) is 5.73 Å². The fourth-order valence-corrected chi connectivity index (χ4v) is 2.35. The molecule has 0 saturated carbocycles. The van der Waals surface area contributed by atoms with Crippen LogP contribution < -0.4 is 5.73 Å². The number of benzene rings is 1. The molecule has 4 nitrogen and oxygen atoms in total. The Morgan fingerprint density at radius 1 is 1.39 bits per heavy atom. The van der Waals surface area contributed by atoms with Gasteiger partial charge < -0.3 is 14.9 Å². The number of rotatable bonds is 2. The molecule has 0 spiro atoms. The average Bonchev–Trinajstić information content (AvgIpc) is 2.91. The van der Waals surface area contributed by atoms with Crippen molar-refractivity contribution < 1.29 is 9.15 Å². The number of aromatic nitrogens is 1. The van der Waals surface area contributed by atoms with E-state index in [9.17, 15) is 0 Å². The summed E-state index contributed by atoms with van der Waals surface area (Å²) in [6, 6.07) is 6.14. The fourth-order valence-electron chi connectivity index (χ4n) is 2.35. The van der Waals surface area contributed by atoms with Gasteiger partial charge in [-0.25, -0.2) is 4.98 Å². The van der Waals surface area contributed by atoms with Crippen molar-refractivity contribution in [3.05, 3.63) is 41.9 Å². The maximum atomic E-state index is 5.73. The van der Waals surface area contributed by atoms with Gasteiger partial charge in [-0.15, -0.1) is 12.4 Å². The number of ether oxygens (including phenoxy) is 1. The number of nitrogens with two attached hydrogens (primary N) is 1. The molecule has 0 amide bonds. The van der Waals surface area contributed by atoms with Crippen LogP contribution in [0.3, 0.4) is 0 Å². The van der Waals surface area contributed by atoms with Crippen LogP contribution in [0.15, 0.2) is 35.2 Å². The van der Waals surface area contributed by atoms with Crippen LogP contribution in [0.25, 0.3) is 11.3 Å². The minimum absolute atomic E-state index is 0. The molecule has 1 aliphatic rings. The predicted octanol–water partition coefficient (Wildman–Crippen LogP) is 2.34. The van der Waals surface area contributed by atoms with E-state index in [4.69, 9.17) is 14.9 Å². The summed E-state index contributed by atoms with van der Waals surface area (Å²) < 4.78 is 11.0. The second kappa shape index (κ2) is 5.52. The molecule has 3 rings (SSSR count). The number of hydrogen-bond acceptors (Lipinski definition) is 4. The third-order valence-electron chi connectivity index (χ3n) is 3.14. The Labute approximate surface area is 112 Å². The van der Waals surface area contributed by atoms with Crippen LogP contribution >= 0.6 is 12.4 Å². The second-order valence-corrected chi connectivity index (χ2v) is 4.08. The van der Waals surface area contributed by atoms with E-state index < -0.39 is 0 Å². The molecule has 0 aliphatic carbocycles. The molecule has 1 aliphatic heterocycles. The predicted molar refractivity (Wildman–Crippen MR) is 70.6 cm³/mol. The summed E-state index contributed by atoms with van der Waals surface area (Å²) in [7, 11) is 0. The Morgan fingerprint density at radius 3 is 3.00 bits per heavy atom. The fraction of sp³-hybridized carbons (Fsp3) is 0.308. The van der Waals surface area contributed by atoms with Gasteiger partial charge in [0, 0.05) is 12.1 Å². The van der Waals surface area contributed by atoms with Gasteiger partial charge in [-0.05, 0) is 17.5 Å². The SMILES string of the molecule is Cl.NCC1OCCc2c(-c3cnco3)cccc21. The summed E-state index contributed by atoms with van der Waals surface area (Å²) in [5.74, 6) is 0.805. The molecule has 0 bridgehead atoms. The lowest BCUT2D eigenvalue weighted by Crippen LogP contribution is -2.23. The molecular weight excluding hydrogens is 252 g/mol. The van der Waals surface area contributed by atoms with Crippen molar-refractivity contribution in [3.63, 3.8) is 0 Å². The summed E-state index contributed by atoms with van der Waals surface area (Å²) in [5, 5.41) is 0. The van der Waals surface area contributed by atoms with E-state index >= 15 is 0 Å². The van der Waals surface area contributed by atoms with Crippen molar-refractivity contribution in [2.75, 3.05) is 13.2 Å². The molecule has 5 heteroatoms. The Morgan fingerprint density at radius 2 is 2.28 bits per heavy atom. The van der Waals surface area contributed by atoms with E-state index in [1.54, 1.807) is 6.20 Å². The summed E-state index contributed by atoms with van der Waals surface area (Å²) in [6.07, 6.45) is 4.08. The standard InChI is InChI=1S/C13H14N2O2.ClH/c14-6-12-10-2-1-3-11(9(10)4-5-16-12)13-7-15-8-17-13;/h1-3,7-8,12H,4-6,14H2;1H. The van der Waals surface area contributed by atoms with Crippen molar-refractivity contribution in [3.8, 4) is 11.3 Å². The molecule has 1 unspecified atom stereocenters. The maximum absolute atomic E-state index is 5.73. The van der Waals surface area contributed by atoms with Gasteiger partial charge in [0.25, 0.3) is 0 Å². The first-order valence-electron chi connectivity index (χ1n) is 5.72. The first-order chi connectivity index (χ1) is 8.40. The lowest BCUT2D eigenvalue weighted by atomic mass is 9.92. The third-order valence-corrected chi connectivity index (χ3v) is 3.14. The molecule has 96 valence electrons. The van der Waals surface area contributed by atoms with Gasteiger partial charge >= 0.3 is 0 Å². The largest absolute Gasteiger partial charge is 0.444 e.